The predicted octanol–water partition coefficient (Wildman–Crippen LogP) is 6.15. The number of hydrogen-bond donors (Lipinski definition) is 2. The number of ether oxygens (including phenoxy) is 1. The molecule has 172 valence electrons. The average Bonchev–Trinajstić information content (AvgIpc) is 2.72. The highest BCUT2D eigenvalue weighted by atomic mass is 19.4. The van der Waals surface area contributed by atoms with Gasteiger partial charge in [0.25, 0.3) is 0 Å². The van der Waals surface area contributed by atoms with E-state index in [1.807, 2.05) is 13.8 Å². The number of nitrogens with zero attached hydrogens (tertiary/aromatic N) is 2. The van der Waals surface area contributed by atoms with Crippen LogP contribution in [-0.4, -0.2) is 22.9 Å². The van der Waals surface area contributed by atoms with Gasteiger partial charge in [-0.3, -0.25) is 4.79 Å². The molecule has 4 rings (SSSR count). The van der Waals surface area contributed by atoms with Crippen LogP contribution in [0.25, 0.3) is 0 Å². The summed E-state index contributed by atoms with van der Waals surface area (Å²) in [5.41, 5.74) is 0.660. The Kier molecular flexibility index (Phi) is 5.73. The lowest BCUT2D eigenvalue weighted by molar-refractivity contribution is -0.137. The largest absolute Gasteiger partial charge is 0.497 e. The van der Waals surface area contributed by atoms with Gasteiger partial charge < -0.3 is 15.4 Å². The Balaban J connectivity index is 1.74. The van der Waals surface area contributed by atoms with Crippen molar-refractivity contribution >= 4 is 28.9 Å². The molecule has 6 nitrogen and oxygen atoms in total. The Morgan fingerprint density at radius 1 is 0.970 bits per heavy atom. The number of methoxy groups -OCH3 is 1. The Bertz CT molecular complexity index is 1190. The molecule has 0 unspecified atom stereocenters. The SMILES string of the molecule is COc1ccc(Nc2nc3c(c(Nc4cccc(C(F)(F)F)c4)n2)C(=O)CC(C)(C)C3)cc1. The van der Waals surface area contributed by atoms with Crippen molar-refractivity contribution in [3.8, 4) is 5.75 Å². The first kappa shape index (κ1) is 22.6. The number of fused-ring (bicyclic) bond motifs is 1. The van der Waals surface area contributed by atoms with Gasteiger partial charge in [-0.25, -0.2) is 4.98 Å². The molecule has 1 heterocycles. The van der Waals surface area contributed by atoms with Crippen molar-refractivity contribution in [1.29, 1.82) is 0 Å². The van der Waals surface area contributed by atoms with Gasteiger partial charge in [0.15, 0.2) is 5.78 Å². The normalized spacial score (nSPS) is 15.0. The maximum atomic E-state index is 13.2. The number of carbonyl (C=O) groups excluding carboxylic acids is 1. The summed E-state index contributed by atoms with van der Waals surface area (Å²) in [6.07, 6.45) is -3.65. The van der Waals surface area contributed by atoms with Crippen molar-refractivity contribution in [1.82, 2.24) is 9.97 Å². The van der Waals surface area contributed by atoms with Gasteiger partial charge in [0.05, 0.1) is 23.9 Å². The Hall–Kier alpha value is -3.62. The van der Waals surface area contributed by atoms with E-state index >= 15 is 0 Å². The van der Waals surface area contributed by atoms with Gasteiger partial charge in [0, 0.05) is 17.8 Å². The fourth-order valence-electron chi connectivity index (χ4n) is 3.83. The molecule has 2 N–H and O–H groups in total. The number of anilines is 4. The molecule has 0 radical (unpaired) electrons. The highest BCUT2D eigenvalue weighted by Crippen LogP contribution is 2.38. The number of Topliss-reactive ketones (excluding diaryl/α,β-unsaturated/α-hetero) is 1. The lowest BCUT2D eigenvalue weighted by Gasteiger charge is -2.30. The summed E-state index contributed by atoms with van der Waals surface area (Å²) >= 11 is 0. The van der Waals surface area contributed by atoms with Gasteiger partial charge >= 0.3 is 6.18 Å². The Morgan fingerprint density at radius 3 is 2.36 bits per heavy atom. The summed E-state index contributed by atoms with van der Waals surface area (Å²) in [5, 5.41) is 6.02. The van der Waals surface area contributed by atoms with Gasteiger partial charge in [-0.15, -0.1) is 0 Å². The summed E-state index contributed by atoms with van der Waals surface area (Å²) < 4.78 is 44.6. The molecule has 0 saturated carbocycles. The summed E-state index contributed by atoms with van der Waals surface area (Å²) in [7, 11) is 1.57. The molecule has 33 heavy (non-hydrogen) atoms. The summed E-state index contributed by atoms with van der Waals surface area (Å²) in [6.45, 7) is 3.96. The standard InChI is InChI=1S/C24H23F3N4O2/c1-23(2)12-18-20(19(32)13-23)21(28-16-6-4-5-14(11-16)24(25,26)27)31-22(30-18)29-15-7-9-17(33-3)10-8-15/h4-11H,12-13H2,1-3H3,(H2,28,29,30,31). The molecule has 2 aromatic carbocycles. The zero-order chi connectivity index (χ0) is 23.8. The smallest absolute Gasteiger partial charge is 0.416 e. The van der Waals surface area contributed by atoms with E-state index in [0.29, 0.717) is 35.5 Å². The number of alkyl halides is 3. The molecule has 1 aliphatic rings. The molecule has 0 atom stereocenters. The molecule has 1 aliphatic carbocycles. The minimum atomic E-state index is -4.48. The van der Waals surface area contributed by atoms with Gasteiger partial charge in [-0.05, 0) is 54.3 Å². The summed E-state index contributed by atoms with van der Waals surface area (Å²) in [5.74, 6) is 0.951. The minimum absolute atomic E-state index is 0.147. The minimum Gasteiger partial charge on any atom is -0.497 e. The molecule has 0 amide bonds. The number of rotatable bonds is 5. The lowest BCUT2D eigenvalue weighted by atomic mass is 9.75. The van der Waals surface area contributed by atoms with Crippen molar-refractivity contribution in [2.75, 3.05) is 17.7 Å². The molecule has 0 spiro atoms. The number of ketones is 1. The number of halogens is 3. The fraction of sp³-hybridized carbons (Fsp3) is 0.292. The number of hydrogen-bond acceptors (Lipinski definition) is 6. The van der Waals surface area contributed by atoms with Gasteiger partial charge in [0.2, 0.25) is 5.95 Å². The maximum absolute atomic E-state index is 13.2. The van der Waals surface area contributed by atoms with E-state index in [1.165, 1.54) is 12.1 Å². The van der Waals surface area contributed by atoms with E-state index in [0.717, 1.165) is 12.1 Å². The molecule has 0 fully saturated rings. The Labute approximate surface area is 189 Å². The highest BCUT2D eigenvalue weighted by Gasteiger charge is 2.35. The fourth-order valence-corrected chi connectivity index (χ4v) is 3.83. The molecule has 0 saturated heterocycles. The van der Waals surface area contributed by atoms with Crippen LogP contribution in [-0.2, 0) is 12.6 Å². The van der Waals surface area contributed by atoms with E-state index in [2.05, 4.69) is 20.6 Å². The molecule has 0 bridgehead atoms. The van der Waals surface area contributed by atoms with E-state index < -0.39 is 11.7 Å². The van der Waals surface area contributed by atoms with E-state index in [9.17, 15) is 18.0 Å². The molecular weight excluding hydrogens is 433 g/mol. The Morgan fingerprint density at radius 2 is 1.70 bits per heavy atom. The first-order valence-electron chi connectivity index (χ1n) is 10.3. The molecule has 0 aliphatic heterocycles. The van der Waals surface area contributed by atoms with Gasteiger partial charge in [0.1, 0.15) is 11.6 Å². The van der Waals surface area contributed by atoms with Crippen LogP contribution in [0.2, 0.25) is 0 Å². The van der Waals surface area contributed by atoms with Crippen LogP contribution in [0, 0.1) is 5.41 Å². The van der Waals surface area contributed by atoms with Crippen LogP contribution in [0.15, 0.2) is 48.5 Å². The first-order chi connectivity index (χ1) is 15.5. The molecule has 3 aromatic rings. The van der Waals surface area contributed by atoms with Gasteiger partial charge in [-0.1, -0.05) is 19.9 Å². The monoisotopic (exact) mass is 456 g/mol. The van der Waals surface area contributed by atoms with E-state index in [4.69, 9.17) is 4.74 Å². The predicted molar refractivity (Wildman–Crippen MR) is 119 cm³/mol. The maximum Gasteiger partial charge on any atom is 0.416 e. The zero-order valence-corrected chi connectivity index (χ0v) is 18.4. The van der Waals surface area contributed by atoms with Gasteiger partial charge in [-0.2, -0.15) is 18.2 Å². The molecular formula is C24H23F3N4O2. The first-order valence-corrected chi connectivity index (χ1v) is 10.3. The third-order valence-electron chi connectivity index (χ3n) is 5.35. The second-order valence-corrected chi connectivity index (χ2v) is 8.72. The number of aromatic nitrogens is 2. The second kappa shape index (κ2) is 8.38. The molecule has 1 aromatic heterocycles. The van der Waals surface area contributed by atoms with Crippen LogP contribution in [0.5, 0.6) is 5.75 Å². The van der Waals surface area contributed by atoms with E-state index in [-0.39, 0.29) is 28.7 Å². The zero-order valence-electron chi connectivity index (χ0n) is 18.4. The molecule has 9 heteroatoms. The van der Waals surface area contributed by atoms with Crippen LogP contribution in [0.3, 0.4) is 0 Å². The quantitative estimate of drug-likeness (QED) is 0.480. The van der Waals surface area contributed by atoms with Crippen LogP contribution in [0.4, 0.5) is 36.3 Å². The van der Waals surface area contributed by atoms with Crippen LogP contribution in [0.1, 0.15) is 41.9 Å². The topological polar surface area (TPSA) is 76.1 Å². The average molecular weight is 456 g/mol. The third kappa shape index (κ3) is 5.08. The van der Waals surface area contributed by atoms with Crippen LogP contribution < -0.4 is 15.4 Å². The van der Waals surface area contributed by atoms with Crippen molar-refractivity contribution in [3.63, 3.8) is 0 Å². The van der Waals surface area contributed by atoms with Crippen molar-refractivity contribution in [3.05, 3.63) is 65.4 Å². The third-order valence-corrected chi connectivity index (χ3v) is 5.35. The van der Waals surface area contributed by atoms with Crippen molar-refractivity contribution in [2.24, 2.45) is 5.41 Å². The number of nitrogens with one attached hydrogen (secondary N) is 2. The second-order valence-electron chi connectivity index (χ2n) is 8.72. The van der Waals surface area contributed by atoms with Crippen molar-refractivity contribution < 1.29 is 22.7 Å². The van der Waals surface area contributed by atoms with E-state index in [1.54, 1.807) is 31.4 Å². The lowest BCUT2D eigenvalue weighted by Crippen LogP contribution is -2.29. The van der Waals surface area contributed by atoms with Crippen LogP contribution >= 0.6 is 0 Å². The number of benzene rings is 2. The number of carbonyl (C=O) groups is 1. The summed E-state index contributed by atoms with van der Waals surface area (Å²) in [4.78, 5) is 21.9. The highest BCUT2D eigenvalue weighted by molar-refractivity contribution is 6.03. The summed E-state index contributed by atoms with van der Waals surface area (Å²) in [6, 6.07) is 11.9. The van der Waals surface area contributed by atoms with Crippen molar-refractivity contribution in [2.45, 2.75) is 32.9 Å².